The van der Waals surface area contributed by atoms with E-state index in [0.717, 1.165) is 61.1 Å². The summed E-state index contributed by atoms with van der Waals surface area (Å²) in [7, 11) is 0. The third-order valence-corrected chi connectivity index (χ3v) is 5.44. The third-order valence-electron chi connectivity index (χ3n) is 5.18. The van der Waals surface area contributed by atoms with Crippen molar-refractivity contribution in [1.29, 1.82) is 0 Å². The van der Waals surface area contributed by atoms with E-state index in [2.05, 4.69) is 9.88 Å². The van der Waals surface area contributed by atoms with Gasteiger partial charge in [-0.05, 0) is 37.6 Å². The van der Waals surface area contributed by atoms with Gasteiger partial charge in [0.1, 0.15) is 5.82 Å². The summed E-state index contributed by atoms with van der Waals surface area (Å²) in [6.45, 7) is 5.59. The summed E-state index contributed by atoms with van der Waals surface area (Å²) in [5.74, 6) is 0.896. The number of nitrogens with one attached hydrogen (secondary N) is 1. The van der Waals surface area contributed by atoms with Gasteiger partial charge < -0.3 is 14.6 Å². The van der Waals surface area contributed by atoms with Gasteiger partial charge in [0.25, 0.3) is 0 Å². The number of rotatable bonds is 3. The molecule has 2 aliphatic rings. The Kier molecular flexibility index (Phi) is 4.87. The topological polar surface area (TPSA) is 61.5 Å². The van der Waals surface area contributed by atoms with Gasteiger partial charge in [0.15, 0.2) is 0 Å². The van der Waals surface area contributed by atoms with E-state index < -0.39 is 0 Å². The van der Waals surface area contributed by atoms with Crippen LogP contribution in [0.1, 0.15) is 24.7 Å². The second-order valence-electron chi connectivity index (χ2n) is 6.83. The Balaban J connectivity index is 1.44. The normalized spacial score (nSPS) is 20.2. The molecule has 6 nitrogen and oxygen atoms in total. The smallest absolute Gasteiger partial charge is 0.409 e. The van der Waals surface area contributed by atoms with Crippen LogP contribution in [-0.4, -0.2) is 58.1 Å². The van der Waals surface area contributed by atoms with Gasteiger partial charge in [0.05, 0.1) is 18.0 Å². The third kappa shape index (κ3) is 3.44. The fraction of sp³-hybridized carbons (Fsp3) is 0.474. The van der Waals surface area contributed by atoms with Crippen LogP contribution in [0.2, 0.25) is 5.02 Å². The lowest BCUT2D eigenvalue weighted by molar-refractivity contribution is 0.109. The highest BCUT2D eigenvalue weighted by molar-refractivity contribution is 6.30. The van der Waals surface area contributed by atoms with Gasteiger partial charge in [0, 0.05) is 49.2 Å². The summed E-state index contributed by atoms with van der Waals surface area (Å²) in [5.41, 5.74) is 3.37. The Morgan fingerprint density at radius 3 is 2.92 bits per heavy atom. The maximum absolute atomic E-state index is 11.9. The lowest BCUT2D eigenvalue weighted by Crippen LogP contribution is -2.41. The Hall–Kier alpha value is -2.05. The molecule has 0 spiro atoms. The Bertz CT molecular complexity index is 789. The van der Waals surface area contributed by atoms with Crippen LogP contribution in [0.25, 0.3) is 11.4 Å². The number of nitrogens with zero attached hydrogens (tertiary/aromatic N) is 3. The van der Waals surface area contributed by atoms with Crippen LogP contribution >= 0.6 is 11.6 Å². The Morgan fingerprint density at radius 2 is 2.15 bits per heavy atom. The predicted octanol–water partition coefficient (Wildman–Crippen LogP) is 3.32. The number of likely N-dealkylation sites (tertiary alicyclic amines) is 1. The number of halogens is 1. The Labute approximate surface area is 158 Å². The first kappa shape index (κ1) is 17.4. The molecule has 1 N–H and O–H groups in total. The number of benzene rings is 1. The average molecular weight is 375 g/mol. The molecular formula is C19H23ClN4O2. The molecule has 0 saturated carbocycles. The molecule has 0 radical (unpaired) electrons. The highest BCUT2D eigenvalue weighted by Crippen LogP contribution is 2.27. The summed E-state index contributed by atoms with van der Waals surface area (Å²) in [4.78, 5) is 24.4. The monoisotopic (exact) mass is 374 g/mol. The number of carbonyl (C=O) groups is 1. The van der Waals surface area contributed by atoms with E-state index in [-0.39, 0.29) is 6.09 Å². The zero-order valence-corrected chi connectivity index (χ0v) is 15.6. The van der Waals surface area contributed by atoms with E-state index in [1.807, 2.05) is 36.1 Å². The van der Waals surface area contributed by atoms with Crippen molar-refractivity contribution in [2.24, 2.45) is 0 Å². The second-order valence-corrected chi connectivity index (χ2v) is 7.26. The molecular weight excluding hydrogens is 352 g/mol. The first-order valence-electron chi connectivity index (χ1n) is 9.13. The molecule has 1 aromatic heterocycles. The molecule has 1 aromatic carbocycles. The fourth-order valence-electron chi connectivity index (χ4n) is 3.79. The van der Waals surface area contributed by atoms with Crippen LogP contribution in [0.15, 0.2) is 24.3 Å². The fourth-order valence-corrected chi connectivity index (χ4v) is 3.92. The number of imidazole rings is 1. The van der Waals surface area contributed by atoms with Crippen LogP contribution in [-0.2, 0) is 17.7 Å². The van der Waals surface area contributed by atoms with Gasteiger partial charge >= 0.3 is 6.09 Å². The summed E-state index contributed by atoms with van der Waals surface area (Å²) in [6, 6.07) is 8.12. The standard InChI is InChI=1S/C19H23ClN4O2/c1-2-26-19(25)24-9-7-15(11-24)23-10-8-16-17(12-23)22-18(21-16)13-3-5-14(20)6-4-13/h3-6,15H,2,7-12H2,1H3,(H,21,22)/t15-/m0/s1. The molecule has 7 heteroatoms. The number of aromatic amines is 1. The van der Waals surface area contributed by atoms with Crippen LogP contribution in [0.4, 0.5) is 4.79 Å². The molecule has 26 heavy (non-hydrogen) atoms. The van der Waals surface area contributed by atoms with E-state index >= 15 is 0 Å². The number of H-pyrrole nitrogens is 1. The number of hydrogen-bond acceptors (Lipinski definition) is 4. The summed E-state index contributed by atoms with van der Waals surface area (Å²) in [6.07, 6.45) is 1.72. The van der Waals surface area contributed by atoms with Crippen molar-refractivity contribution < 1.29 is 9.53 Å². The van der Waals surface area contributed by atoms with Crippen molar-refractivity contribution in [3.05, 3.63) is 40.7 Å². The molecule has 1 saturated heterocycles. The first-order chi connectivity index (χ1) is 12.6. The van der Waals surface area contributed by atoms with E-state index in [1.165, 1.54) is 5.69 Å². The van der Waals surface area contributed by atoms with Crippen LogP contribution in [0.5, 0.6) is 0 Å². The first-order valence-corrected chi connectivity index (χ1v) is 9.51. The average Bonchev–Trinajstić information content (AvgIpc) is 3.29. The molecule has 1 fully saturated rings. The van der Waals surface area contributed by atoms with Crippen molar-refractivity contribution in [3.8, 4) is 11.4 Å². The van der Waals surface area contributed by atoms with E-state index in [9.17, 15) is 4.79 Å². The number of amides is 1. The van der Waals surface area contributed by atoms with Crippen molar-refractivity contribution >= 4 is 17.7 Å². The minimum atomic E-state index is -0.195. The SMILES string of the molecule is CCOC(=O)N1CC[C@H](N2CCc3nc(-c4ccc(Cl)cc4)[nH]c3C2)C1. The van der Waals surface area contributed by atoms with Gasteiger partial charge in [-0.15, -0.1) is 0 Å². The van der Waals surface area contributed by atoms with Gasteiger partial charge in [-0.3, -0.25) is 4.90 Å². The Morgan fingerprint density at radius 1 is 1.35 bits per heavy atom. The quantitative estimate of drug-likeness (QED) is 0.895. The number of ether oxygens (including phenoxy) is 1. The molecule has 1 atom stereocenters. The van der Waals surface area contributed by atoms with Crippen molar-refractivity contribution in [1.82, 2.24) is 19.8 Å². The summed E-state index contributed by atoms with van der Waals surface area (Å²) in [5, 5.41) is 0.726. The largest absolute Gasteiger partial charge is 0.450 e. The number of carbonyl (C=O) groups excluding carboxylic acids is 1. The molecule has 4 rings (SSSR count). The maximum atomic E-state index is 11.9. The number of hydrogen-bond donors (Lipinski definition) is 1. The summed E-state index contributed by atoms with van der Waals surface area (Å²) >= 11 is 5.97. The molecule has 138 valence electrons. The number of aromatic nitrogens is 2. The van der Waals surface area contributed by atoms with Crippen molar-refractivity contribution in [3.63, 3.8) is 0 Å². The maximum Gasteiger partial charge on any atom is 0.409 e. The molecule has 3 heterocycles. The lowest BCUT2D eigenvalue weighted by atomic mass is 10.1. The summed E-state index contributed by atoms with van der Waals surface area (Å²) < 4.78 is 5.12. The van der Waals surface area contributed by atoms with Crippen molar-refractivity contribution in [2.45, 2.75) is 32.4 Å². The predicted molar refractivity (Wildman–Crippen MR) is 100 cm³/mol. The molecule has 2 aliphatic heterocycles. The van der Waals surface area contributed by atoms with E-state index in [1.54, 1.807) is 0 Å². The highest BCUT2D eigenvalue weighted by atomic mass is 35.5. The van der Waals surface area contributed by atoms with Crippen LogP contribution in [0, 0.1) is 0 Å². The van der Waals surface area contributed by atoms with Gasteiger partial charge in [0.2, 0.25) is 0 Å². The lowest BCUT2D eigenvalue weighted by Gasteiger charge is -2.31. The van der Waals surface area contributed by atoms with Gasteiger partial charge in [-0.1, -0.05) is 11.6 Å². The molecule has 0 aliphatic carbocycles. The molecule has 0 bridgehead atoms. The van der Waals surface area contributed by atoms with Gasteiger partial charge in [-0.25, -0.2) is 9.78 Å². The van der Waals surface area contributed by atoms with E-state index in [4.69, 9.17) is 21.3 Å². The van der Waals surface area contributed by atoms with E-state index in [0.29, 0.717) is 12.6 Å². The molecule has 1 amide bonds. The minimum Gasteiger partial charge on any atom is -0.450 e. The second kappa shape index (κ2) is 7.29. The molecule has 2 aromatic rings. The minimum absolute atomic E-state index is 0.195. The number of fused-ring (bicyclic) bond motifs is 1. The van der Waals surface area contributed by atoms with Crippen LogP contribution in [0.3, 0.4) is 0 Å². The van der Waals surface area contributed by atoms with Crippen molar-refractivity contribution in [2.75, 3.05) is 26.2 Å². The van der Waals surface area contributed by atoms with Crippen LogP contribution < -0.4 is 0 Å². The zero-order chi connectivity index (χ0) is 18.1. The zero-order valence-electron chi connectivity index (χ0n) is 14.9. The molecule has 0 unspecified atom stereocenters. The highest BCUT2D eigenvalue weighted by Gasteiger charge is 2.33. The van der Waals surface area contributed by atoms with Gasteiger partial charge in [-0.2, -0.15) is 0 Å².